The number of nitrogens with zero attached hydrogens (tertiary/aromatic N) is 3. The SMILES string of the molecule is CN(C)c1ccc(-c2cc(-c3ccc(-c4ccccc4)cc3)nc(N)c2C#N)cc1. The molecule has 1 heterocycles. The number of nitriles is 1. The van der Waals surface area contributed by atoms with Crippen molar-refractivity contribution in [2.24, 2.45) is 0 Å². The van der Waals surface area contributed by atoms with E-state index in [1.165, 1.54) is 0 Å². The molecule has 0 saturated heterocycles. The molecule has 4 rings (SSSR count). The van der Waals surface area contributed by atoms with E-state index in [1.54, 1.807) is 0 Å². The summed E-state index contributed by atoms with van der Waals surface area (Å²) < 4.78 is 0. The zero-order chi connectivity index (χ0) is 21.1. The highest BCUT2D eigenvalue weighted by Gasteiger charge is 2.14. The van der Waals surface area contributed by atoms with Crippen LogP contribution >= 0.6 is 0 Å². The lowest BCUT2D eigenvalue weighted by Crippen LogP contribution is -2.08. The normalized spacial score (nSPS) is 10.4. The minimum Gasteiger partial charge on any atom is -0.383 e. The summed E-state index contributed by atoms with van der Waals surface area (Å²) in [6.45, 7) is 0. The van der Waals surface area contributed by atoms with Gasteiger partial charge in [-0.15, -0.1) is 0 Å². The van der Waals surface area contributed by atoms with Crippen LogP contribution in [0.1, 0.15) is 5.56 Å². The molecule has 146 valence electrons. The van der Waals surface area contributed by atoms with Crippen LogP contribution in [0.3, 0.4) is 0 Å². The fourth-order valence-corrected chi connectivity index (χ4v) is 3.46. The molecule has 0 aliphatic rings. The summed E-state index contributed by atoms with van der Waals surface area (Å²) in [5, 5.41) is 9.65. The molecular weight excluding hydrogens is 368 g/mol. The Morgan fingerprint density at radius 2 is 1.33 bits per heavy atom. The number of anilines is 2. The Kier molecular flexibility index (Phi) is 5.19. The summed E-state index contributed by atoms with van der Waals surface area (Å²) in [6.07, 6.45) is 0. The Morgan fingerprint density at radius 3 is 1.93 bits per heavy atom. The minimum atomic E-state index is 0.244. The van der Waals surface area contributed by atoms with Gasteiger partial charge in [-0.05, 0) is 34.9 Å². The fourth-order valence-electron chi connectivity index (χ4n) is 3.46. The third-order valence-corrected chi connectivity index (χ3v) is 5.14. The summed E-state index contributed by atoms with van der Waals surface area (Å²) in [5.74, 6) is 0.244. The number of rotatable bonds is 4. The first-order chi connectivity index (χ1) is 14.6. The smallest absolute Gasteiger partial charge is 0.142 e. The first-order valence-electron chi connectivity index (χ1n) is 9.71. The molecule has 4 heteroatoms. The molecule has 0 spiro atoms. The molecule has 0 fully saturated rings. The summed E-state index contributed by atoms with van der Waals surface area (Å²) in [7, 11) is 3.99. The van der Waals surface area contributed by atoms with Crippen molar-refractivity contribution in [3.63, 3.8) is 0 Å². The van der Waals surface area contributed by atoms with E-state index < -0.39 is 0 Å². The molecule has 0 atom stereocenters. The zero-order valence-corrected chi connectivity index (χ0v) is 17.0. The van der Waals surface area contributed by atoms with Crippen molar-refractivity contribution in [2.45, 2.75) is 0 Å². The van der Waals surface area contributed by atoms with Crippen molar-refractivity contribution in [3.8, 4) is 39.6 Å². The van der Waals surface area contributed by atoms with Gasteiger partial charge in [0.2, 0.25) is 0 Å². The summed E-state index contributed by atoms with van der Waals surface area (Å²) in [6, 6.07) is 30.7. The van der Waals surface area contributed by atoms with Gasteiger partial charge < -0.3 is 10.6 Å². The van der Waals surface area contributed by atoms with E-state index >= 15 is 0 Å². The lowest BCUT2D eigenvalue weighted by atomic mass is 9.97. The summed E-state index contributed by atoms with van der Waals surface area (Å²) in [4.78, 5) is 6.53. The molecule has 1 aromatic heterocycles. The van der Waals surface area contributed by atoms with E-state index in [1.807, 2.05) is 79.7 Å². The van der Waals surface area contributed by atoms with Gasteiger partial charge in [0.15, 0.2) is 0 Å². The van der Waals surface area contributed by atoms with Crippen LogP contribution in [0.2, 0.25) is 0 Å². The van der Waals surface area contributed by atoms with E-state index in [4.69, 9.17) is 5.73 Å². The Bertz CT molecular complexity index is 1200. The largest absolute Gasteiger partial charge is 0.383 e. The Hall–Kier alpha value is -4.10. The quantitative estimate of drug-likeness (QED) is 0.492. The minimum absolute atomic E-state index is 0.244. The molecule has 0 amide bonds. The van der Waals surface area contributed by atoms with Gasteiger partial charge in [-0.2, -0.15) is 5.26 Å². The highest BCUT2D eigenvalue weighted by atomic mass is 15.1. The lowest BCUT2D eigenvalue weighted by molar-refractivity contribution is 1.13. The second-order valence-corrected chi connectivity index (χ2v) is 7.31. The van der Waals surface area contributed by atoms with E-state index in [0.29, 0.717) is 5.56 Å². The highest BCUT2D eigenvalue weighted by Crippen LogP contribution is 2.32. The summed E-state index contributed by atoms with van der Waals surface area (Å²) >= 11 is 0. The Labute approximate surface area is 176 Å². The lowest BCUT2D eigenvalue weighted by Gasteiger charge is -2.14. The molecule has 3 aromatic carbocycles. The summed E-state index contributed by atoms with van der Waals surface area (Å²) in [5.41, 5.74) is 13.4. The van der Waals surface area contributed by atoms with Crippen LogP contribution in [0, 0.1) is 11.3 Å². The fraction of sp³-hybridized carbons (Fsp3) is 0.0769. The van der Waals surface area contributed by atoms with Gasteiger partial charge in [-0.1, -0.05) is 66.7 Å². The van der Waals surface area contributed by atoms with Crippen molar-refractivity contribution < 1.29 is 0 Å². The van der Waals surface area contributed by atoms with Gasteiger partial charge in [0.25, 0.3) is 0 Å². The topological polar surface area (TPSA) is 65.9 Å². The maximum Gasteiger partial charge on any atom is 0.142 e. The second-order valence-electron chi connectivity index (χ2n) is 7.31. The van der Waals surface area contributed by atoms with Gasteiger partial charge in [-0.25, -0.2) is 4.98 Å². The number of hydrogen-bond donors (Lipinski definition) is 1. The molecule has 4 aromatic rings. The predicted octanol–water partition coefficient (Wildman–Crippen LogP) is 5.60. The molecule has 4 nitrogen and oxygen atoms in total. The van der Waals surface area contributed by atoms with E-state index in [0.717, 1.165) is 39.2 Å². The highest BCUT2D eigenvalue weighted by molar-refractivity contribution is 5.81. The molecule has 2 N–H and O–H groups in total. The molecule has 0 bridgehead atoms. The molecule has 0 unspecified atom stereocenters. The average Bonchev–Trinajstić information content (AvgIpc) is 2.79. The van der Waals surface area contributed by atoms with Gasteiger partial charge in [-0.3, -0.25) is 0 Å². The van der Waals surface area contributed by atoms with Crippen LogP contribution < -0.4 is 10.6 Å². The molecule has 0 aliphatic heterocycles. The standard InChI is InChI=1S/C26H22N4/c1-30(2)22-14-12-20(13-15-22)23-16-25(29-26(28)24(23)17-27)21-10-8-19(9-11-21)18-6-4-3-5-7-18/h3-16H,1-2H3,(H2,28,29). The zero-order valence-electron chi connectivity index (χ0n) is 17.0. The molecular formula is C26H22N4. The molecule has 0 radical (unpaired) electrons. The molecule has 0 saturated carbocycles. The number of nitrogens with two attached hydrogens (primary N) is 1. The number of aromatic nitrogens is 1. The van der Waals surface area contributed by atoms with E-state index in [9.17, 15) is 5.26 Å². The van der Waals surface area contributed by atoms with Gasteiger partial charge in [0, 0.05) is 30.9 Å². The maximum atomic E-state index is 9.65. The second kappa shape index (κ2) is 8.10. The maximum absolute atomic E-state index is 9.65. The van der Waals surface area contributed by atoms with Gasteiger partial charge in [0.05, 0.1) is 5.69 Å². The Morgan fingerprint density at radius 1 is 0.767 bits per heavy atom. The number of nitrogen functional groups attached to an aromatic ring is 1. The first-order valence-corrected chi connectivity index (χ1v) is 9.71. The van der Waals surface area contributed by atoms with Crippen LogP contribution in [0.25, 0.3) is 33.5 Å². The van der Waals surface area contributed by atoms with Crippen LogP contribution in [0.5, 0.6) is 0 Å². The van der Waals surface area contributed by atoms with Crippen molar-refractivity contribution in [1.82, 2.24) is 4.98 Å². The molecule has 30 heavy (non-hydrogen) atoms. The van der Waals surface area contributed by atoms with Crippen LogP contribution in [-0.2, 0) is 0 Å². The predicted molar refractivity (Wildman–Crippen MR) is 124 cm³/mol. The number of pyridine rings is 1. The van der Waals surface area contributed by atoms with Crippen molar-refractivity contribution in [3.05, 3.63) is 90.5 Å². The average molecular weight is 390 g/mol. The monoisotopic (exact) mass is 390 g/mol. The number of benzene rings is 3. The van der Waals surface area contributed by atoms with Crippen molar-refractivity contribution in [1.29, 1.82) is 5.26 Å². The van der Waals surface area contributed by atoms with E-state index in [-0.39, 0.29) is 5.82 Å². The van der Waals surface area contributed by atoms with Crippen LogP contribution in [-0.4, -0.2) is 19.1 Å². The van der Waals surface area contributed by atoms with Crippen molar-refractivity contribution >= 4 is 11.5 Å². The van der Waals surface area contributed by atoms with Gasteiger partial charge in [0.1, 0.15) is 17.5 Å². The van der Waals surface area contributed by atoms with Crippen molar-refractivity contribution in [2.75, 3.05) is 24.7 Å². The third kappa shape index (κ3) is 3.74. The first kappa shape index (κ1) is 19.2. The molecule has 0 aliphatic carbocycles. The van der Waals surface area contributed by atoms with Crippen LogP contribution in [0.15, 0.2) is 84.9 Å². The van der Waals surface area contributed by atoms with Crippen LogP contribution in [0.4, 0.5) is 11.5 Å². The van der Waals surface area contributed by atoms with Gasteiger partial charge >= 0.3 is 0 Å². The van der Waals surface area contributed by atoms with E-state index in [2.05, 4.69) is 35.3 Å². The number of hydrogen-bond acceptors (Lipinski definition) is 4. The Balaban J connectivity index is 1.76. The third-order valence-electron chi connectivity index (χ3n) is 5.14.